The second-order valence-corrected chi connectivity index (χ2v) is 9.04. The number of cyclic esters (lactones) is 1. The molecule has 3 aliphatic rings. The third-order valence-electron chi connectivity index (χ3n) is 6.86. The number of piperidine rings is 2. The van der Waals surface area contributed by atoms with Crippen molar-refractivity contribution in [3.05, 3.63) is 30.1 Å². The molecule has 3 aliphatic heterocycles. The molecule has 0 saturated carbocycles. The fourth-order valence-corrected chi connectivity index (χ4v) is 4.95. The lowest BCUT2D eigenvalue weighted by molar-refractivity contribution is -0.151. The fraction of sp³-hybridized carbons (Fsp3) is 0.696. The molecule has 1 aromatic rings. The van der Waals surface area contributed by atoms with Crippen molar-refractivity contribution < 1.29 is 23.8 Å². The number of hydrogen-bond donors (Lipinski definition) is 1. The lowest BCUT2D eigenvalue weighted by Gasteiger charge is -2.36. The first-order chi connectivity index (χ1) is 14.5. The molecule has 3 heterocycles. The molecule has 1 aromatic carbocycles. The van der Waals surface area contributed by atoms with Crippen molar-refractivity contribution >= 4 is 5.97 Å². The van der Waals surface area contributed by atoms with Crippen LogP contribution < -0.4 is 4.74 Å². The second kappa shape index (κ2) is 9.62. The predicted molar refractivity (Wildman–Crippen MR) is 111 cm³/mol. The van der Waals surface area contributed by atoms with Crippen molar-refractivity contribution in [2.75, 3.05) is 45.9 Å². The largest absolute Gasteiger partial charge is 0.494 e. The van der Waals surface area contributed by atoms with E-state index in [0.29, 0.717) is 12.4 Å². The molecule has 3 fully saturated rings. The molecule has 1 unspecified atom stereocenters. The van der Waals surface area contributed by atoms with Crippen molar-refractivity contribution in [2.24, 2.45) is 5.41 Å². The van der Waals surface area contributed by atoms with Crippen LogP contribution in [0.1, 0.15) is 38.5 Å². The molecule has 1 spiro atoms. The number of carbonyl (C=O) groups is 1. The SMILES string of the molecule is O=C1OC(CN2CCC(O)CC2)CC12CCN(CCCOc1ccc(F)cc1)CC2. The van der Waals surface area contributed by atoms with Crippen LogP contribution in [0.4, 0.5) is 4.39 Å². The van der Waals surface area contributed by atoms with Crippen molar-refractivity contribution in [2.45, 2.75) is 50.7 Å². The molecule has 6 nitrogen and oxygen atoms in total. The number of carbonyl (C=O) groups excluding carboxylic acids is 1. The standard InChI is InChI=1S/C23H33FN2O4/c24-18-2-4-20(5-3-18)29-15-1-10-25-13-8-23(9-14-25)16-21(30-22(23)28)17-26-11-6-19(27)7-12-26/h2-5,19,21,27H,1,6-17H2. The summed E-state index contributed by atoms with van der Waals surface area (Å²) in [7, 11) is 0. The number of halogens is 1. The highest BCUT2D eigenvalue weighted by molar-refractivity contribution is 5.79. The molecule has 4 rings (SSSR count). The van der Waals surface area contributed by atoms with Gasteiger partial charge in [0.1, 0.15) is 17.7 Å². The first-order valence-corrected chi connectivity index (χ1v) is 11.2. The van der Waals surface area contributed by atoms with Crippen LogP contribution in [-0.4, -0.2) is 79.0 Å². The Morgan fingerprint density at radius 3 is 2.50 bits per heavy atom. The van der Waals surface area contributed by atoms with E-state index < -0.39 is 0 Å². The van der Waals surface area contributed by atoms with Gasteiger partial charge in [-0.25, -0.2) is 4.39 Å². The van der Waals surface area contributed by atoms with Crippen molar-refractivity contribution in [1.29, 1.82) is 0 Å². The summed E-state index contributed by atoms with van der Waals surface area (Å²) in [5.41, 5.74) is -0.304. The van der Waals surface area contributed by atoms with E-state index >= 15 is 0 Å². The molecule has 0 radical (unpaired) electrons. The number of rotatable bonds is 7. The summed E-state index contributed by atoms with van der Waals surface area (Å²) in [6.45, 7) is 5.92. The van der Waals surface area contributed by atoms with Crippen LogP contribution in [0.5, 0.6) is 5.75 Å². The van der Waals surface area contributed by atoms with Gasteiger partial charge in [0.05, 0.1) is 18.1 Å². The predicted octanol–water partition coefficient (Wildman–Crippen LogP) is 2.45. The molecule has 3 saturated heterocycles. The number of benzene rings is 1. The van der Waals surface area contributed by atoms with E-state index in [1.807, 2.05) is 0 Å². The first kappa shape index (κ1) is 21.5. The van der Waals surface area contributed by atoms with Gasteiger partial charge in [0.15, 0.2) is 0 Å². The van der Waals surface area contributed by atoms with Crippen LogP contribution in [0.25, 0.3) is 0 Å². The van der Waals surface area contributed by atoms with E-state index in [9.17, 15) is 14.3 Å². The Morgan fingerprint density at radius 2 is 1.80 bits per heavy atom. The van der Waals surface area contributed by atoms with E-state index in [-0.39, 0.29) is 29.4 Å². The highest BCUT2D eigenvalue weighted by Crippen LogP contribution is 2.43. The van der Waals surface area contributed by atoms with Crippen LogP contribution in [0, 0.1) is 11.2 Å². The van der Waals surface area contributed by atoms with Gasteiger partial charge in [-0.1, -0.05) is 0 Å². The first-order valence-electron chi connectivity index (χ1n) is 11.2. The van der Waals surface area contributed by atoms with Gasteiger partial charge in [0.2, 0.25) is 0 Å². The molecular weight excluding hydrogens is 387 g/mol. The van der Waals surface area contributed by atoms with Crippen molar-refractivity contribution in [1.82, 2.24) is 9.80 Å². The molecule has 7 heteroatoms. The Balaban J connectivity index is 1.16. The molecule has 1 N–H and O–H groups in total. The Labute approximate surface area is 177 Å². The number of aliphatic hydroxyl groups is 1. The number of aliphatic hydroxyl groups excluding tert-OH is 1. The maximum atomic E-state index is 12.9. The summed E-state index contributed by atoms with van der Waals surface area (Å²) < 4.78 is 24.4. The molecule has 0 aliphatic carbocycles. The summed E-state index contributed by atoms with van der Waals surface area (Å²) >= 11 is 0. The monoisotopic (exact) mass is 420 g/mol. The average Bonchev–Trinajstić information content (AvgIpc) is 3.04. The summed E-state index contributed by atoms with van der Waals surface area (Å²) in [4.78, 5) is 17.4. The van der Waals surface area contributed by atoms with Gasteiger partial charge in [-0.05, 0) is 69.5 Å². The van der Waals surface area contributed by atoms with E-state index in [0.717, 1.165) is 77.8 Å². The van der Waals surface area contributed by atoms with Crippen molar-refractivity contribution in [3.8, 4) is 5.75 Å². The van der Waals surface area contributed by atoms with Crippen LogP contribution in [0.2, 0.25) is 0 Å². The zero-order valence-corrected chi connectivity index (χ0v) is 17.6. The molecule has 1 atom stereocenters. The van der Waals surface area contributed by atoms with Gasteiger partial charge >= 0.3 is 5.97 Å². The normalized spacial score (nSPS) is 25.5. The summed E-state index contributed by atoms with van der Waals surface area (Å²) in [6.07, 6.45) is 4.88. The number of ether oxygens (including phenoxy) is 2. The third-order valence-corrected chi connectivity index (χ3v) is 6.86. The Hall–Kier alpha value is -1.70. The topological polar surface area (TPSA) is 62.2 Å². The zero-order valence-electron chi connectivity index (χ0n) is 17.6. The molecule has 0 bridgehead atoms. The smallest absolute Gasteiger partial charge is 0.312 e. The van der Waals surface area contributed by atoms with Gasteiger partial charge in [-0.15, -0.1) is 0 Å². The summed E-state index contributed by atoms with van der Waals surface area (Å²) in [5, 5.41) is 9.66. The van der Waals surface area contributed by atoms with Gasteiger partial charge in [0.25, 0.3) is 0 Å². The number of likely N-dealkylation sites (tertiary alicyclic amines) is 2. The van der Waals surface area contributed by atoms with E-state index in [1.54, 1.807) is 12.1 Å². The highest BCUT2D eigenvalue weighted by Gasteiger charge is 2.50. The quantitative estimate of drug-likeness (QED) is 0.540. The molecular formula is C23H33FN2O4. The van der Waals surface area contributed by atoms with Gasteiger partial charge in [-0.3, -0.25) is 9.69 Å². The maximum Gasteiger partial charge on any atom is 0.312 e. The fourth-order valence-electron chi connectivity index (χ4n) is 4.95. The molecule has 166 valence electrons. The second-order valence-electron chi connectivity index (χ2n) is 9.04. The zero-order chi connectivity index (χ0) is 21.0. The Kier molecular flexibility index (Phi) is 6.91. The number of nitrogens with zero attached hydrogens (tertiary/aromatic N) is 2. The molecule has 30 heavy (non-hydrogen) atoms. The van der Waals surface area contributed by atoms with Crippen LogP contribution in [-0.2, 0) is 9.53 Å². The van der Waals surface area contributed by atoms with Gasteiger partial charge in [-0.2, -0.15) is 0 Å². The number of esters is 1. The van der Waals surface area contributed by atoms with E-state index in [1.165, 1.54) is 12.1 Å². The van der Waals surface area contributed by atoms with E-state index in [2.05, 4.69) is 9.80 Å². The minimum atomic E-state index is -0.304. The number of hydrogen-bond acceptors (Lipinski definition) is 6. The Morgan fingerprint density at radius 1 is 1.10 bits per heavy atom. The minimum absolute atomic E-state index is 0.0103. The van der Waals surface area contributed by atoms with Gasteiger partial charge in [0, 0.05) is 32.6 Å². The Bertz CT molecular complexity index is 698. The lowest BCUT2D eigenvalue weighted by Crippen LogP contribution is -2.43. The van der Waals surface area contributed by atoms with Crippen LogP contribution >= 0.6 is 0 Å². The minimum Gasteiger partial charge on any atom is -0.494 e. The summed E-state index contributed by atoms with van der Waals surface area (Å²) in [6, 6.07) is 6.10. The third kappa shape index (κ3) is 5.31. The lowest BCUT2D eigenvalue weighted by atomic mass is 9.76. The summed E-state index contributed by atoms with van der Waals surface area (Å²) in [5.74, 6) is 0.424. The maximum absolute atomic E-state index is 12.9. The van der Waals surface area contributed by atoms with Crippen LogP contribution in [0.15, 0.2) is 24.3 Å². The van der Waals surface area contributed by atoms with Crippen LogP contribution in [0.3, 0.4) is 0 Å². The molecule has 0 aromatic heterocycles. The highest BCUT2D eigenvalue weighted by atomic mass is 19.1. The molecule has 0 amide bonds. The average molecular weight is 421 g/mol. The van der Waals surface area contributed by atoms with E-state index in [4.69, 9.17) is 9.47 Å². The van der Waals surface area contributed by atoms with Crippen molar-refractivity contribution in [3.63, 3.8) is 0 Å². The van der Waals surface area contributed by atoms with Gasteiger partial charge < -0.3 is 19.5 Å².